The minimum atomic E-state index is -0.843. The predicted octanol–water partition coefficient (Wildman–Crippen LogP) is 3.00. The van der Waals surface area contributed by atoms with Gasteiger partial charge in [0, 0.05) is 60.9 Å². The first-order valence-electron chi connectivity index (χ1n) is 11.7. The highest BCUT2D eigenvalue weighted by molar-refractivity contribution is 5.95. The molecule has 0 unspecified atom stereocenters. The van der Waals surface area contributed by atoms with Crippen LogP contribution < -0.4 is 15.5 Å². The molecule has 0 amide bonds. The van der Waals surface area contributed by atoms with Crippen LogP contribution in [0.3, 0.4) is 0 Å². The topological polar surface area (TPSA) is 67.2 Å². The summed E-state index contributed by atoms with van der Waals surface area (Å²) in [7, 11) is 0. The van der Waals surface area contributed by atoms with Gasteiger partial charge in [-0.3, -0.25) is 4.98 Å². The molecule has 6 rings (SSSR count). The number of nitrogens with one attached hydrogen (secondary N) is 2. The second-order valence-corrected chi connectivity index (χ2v) is 9.38. The third kappa shape index (κ3) is 3.37. The van der Waals surface area contributed by atoms with Crippen LogP contribution in [-0.4, -0.2) is 60.9 Å². The molecule has 2 aromatic rings. The highest BCUT2D eigenvalue weighted by atomic mass is 19.1. The second-order valence-electron chi connectivity index (χ2n) is 9.38. The van der Waals surface area contributed by atoms with Gasteiger partial charge in [-0.25, -0.2) is 4.39 Å². The number of anilines is 1. The molecule has 4 aliphatic rings. The molecule has 0 bridgehead atoms. The highest BCUT2D eigenvalue weighted by Gasteiger charge is 2.37. The van der Waals surface area contributed by atoms with Crippen molar-refractivity contribution in [3.63, 3.8) is 0 Å². The van der Waals surface area contributed by atoms with Crippen molar-refractivity contribution in [3.05, 3.63) is 70.7 Å². The lowest BCUT2D eigenvalue weighted by molar-refractivity contribution is 0.274. The number of benzene rings is 1. The molecule has 2 fully saturated rings. The number of piperazine rings is 1. The first-order chi connectivity index (χ1) is 16.1. The molecule has 6 nitrogen and oxygen atoms in total. The van der Waals surface area contributed by atoms with Gasteiger partial charge in [0.2, 0.25) is 0 Å². The van der Waals surface area contributed by atoms with Gasteiger partial charge < -0.3 is 20.4 Å². The maximum atomic E-state index is 14.0. The molecule has 2 saturated heterocycles. The summed E-state index contributed by atoms with van der Waals surface area (Å²) in [5.74, 6) is 0. The van der Waals surface area contributed by atoms with Crippen molar-refractivity contribution in [3.8, 4) is 6.07 Å². The van der Waals surface area contributed by atoms with Gasteiger partial charge in [0.1, 0.15) is 12.2 Å². The lowest BCUT2D eigenvalue weighted by Crippen LogP contribution is -2.49. The average molecular weight is 443 g/mol. The highest BCUT2D eigenvalue weighted by Crippen LogP contribution is 2.40. The van der Waals surface area contributed by atoms with Gasteiger partial charge in [-0.1, -0.05) is 6.08 Å². The van der Waals surface area contributed by atoms with Crippen LogP contribution >= 0.6 is 0 Å². The molecule has 168 valence electrons. The van der Waals surface area contributed by atoms with Gasteiger partial charge in [0.05, 0.1) is 23.7 Å². The lowest BCUT2D eigenvalue weighted by atomic mass is 9.96. The van der Waals surface area contributed by atoms with Gasteiger partial charge in [-0.05, 0) is 54.8 Å². The predicted molar refractivity (Wildman–Crippen MR) is 127 cm³/mol. The third-order valence-electron chi connectivity index (χ3n) is 7.34. The number of rotatable bonds is 3. The molecule has 33 heavy (non-hydrogen) atoms. The Hall–Kier alpha value is -3.37. The monoisotopic (exact) mass is 442 g/mol. The summed E-state index contributed by atoms with van der Waals surface area (Å²) < 4.78 is 14.0. The Balaban J connectivity index is 1.30. The van der Waals surface area contributed by atoms with Crippen molar-refractivity contribution >= 4 is 16.6 Å². The van der Waals surface area contributed by atoms with E-state index < -0.39 is 6.17 Å². The summed E-state index contributed by atoms with van der Waals surface area (Å²) >= 11 is 0. The van der Waals surface area contributed by atoms with Crippen LogP contribution in [0.1, 0.15) is 18.9 Å². The molecule has 0 radical (unpaired) electrons. The SMILES string of the molecule is C[C@@H]1CN(c2ccc(C#N)c3ncccc23)CC2=C3CC=C(N[C@@H]4CNC[C@H]4F)C=C3CN21. The number of hydrogen-bond donors (Lipinski definition) is 2. The molecule has 3 atom stereocenters. The number of fused-ring (bicyclic) bond motifs is 3. The van der Waals surface area contributed by atoms with Crippen molar-refractivity contribution in [1.82, 2.24) is 20.5 Å². The minimum absolute atomic E-state index is 0.154. The van der Waals surface area contributed by atoms with E-state index in [2.05, 4.69) is 62.7 Å². The molecule has 7 heteroatoms. The van der Waals surface area contributed by atoms with E-state index >= 15 is 0 Å². The van der Waals surface area contributed by atoms with Crippen molar-refractivity contribution in [2.45, 2.75) is 31.6 Å². The fourth-order valence-electron chi connectivity index (χ4n) is 5.65. The quantitative estimate of drug-likeness (QED) is 0.762. The van der Waals surface area contributed by atoms with Crippen molar-refractivity contribution in [2.24, 2.45) is 0 Å². The number of nitrogens with zero attached hydrogens (tertiary/aromatic N) is 4. The first kappa shape index (κ1) is 20.3. The van der Waals surface area contributed by atoms with E-state index in [1.54, 1.807) is 6.20 Å². The van der Waals surface area contributed by atoms with E-state index in [-0.39, 0.29) is 6.04 Å². The van der Waals surface area contributed by atoms with Gasteiger partial charge in [0.15, 0.2) is 0 Å². The van der Waals surface area contributed by atoms with E-state index in [1.807, 2.05) is 12.1 Å². The largest absolute Gasteiger partial charge is 0.378 e. The van der Waals surface area contributed by atoms with E-state index in [4.69, 9.17) is 0 Å². The zero-order chi connectivity index (χ0) is 22.5. The molecular weight excluding hydrogens is 415 g/mol. The van der Waals surface area contributed by atoms with Crippen molar-refractivity contribution < 1.29 is 4.39 Å². The van der Waals surface area contributed by atoms with Crippen LogP contribution in [0, 0.1) is 11.3 Å². The van der Waals surface area contributed by atoms with Crippen LogP contribution in [0.25, 0.3) is 10.9 Å². The summed E-state index contributed by atoms with van der Waals surface area (Å²) in [5, 5.41) is 17.0. The smallest absolute Gasteiger partial charge is 0.134 e. The summed E-state index contributed by atoms with van der Waals surface area (Å²) in [6, 6.07) is 10.4. The van der Waals surface area contributed by atoms with Gasteiger partial charge in [-0.15, -0.1) is 0 Å². The van der Waals surface area contributed by atoms with Crippen LogP contribution in [0.4, 0.5) is 10.1 Å². The van der Waals surface area contributed by atoms with Gasteiger partial charge >= 0.3 is 0 Å². The lowest BCUT2D eigenvalue weighted by Gasteiger charge is -2.42. The van der Waals surface area contributed by atoms with Gasteiger partial charge in [-0.2, -0.15) is 5.26 Å². The fraction of sp³-hybridized carbons (Fsp3) is 0.385. The van der Waals surface area contributed by atoms with E-state index in [0.717, 1.165) is 48.3 Å². The van der Waals surface area contributed by atoms with Gasteiger partial charge in [0.25, 0.3) is 0 Å². The molecular formula is C26H27FN6. The summed E-state index contributed by atoms with van der Waals surface area (Å²) in [5.41, 5.74) is 7.67. The molecule has 4 heterocycles. The van der Waals surface area contributed by atoms with Crippen molar-refractivity contribution in [2.75, 3.05) is 37.6 Å². The molecule has 1 aromatic carbocycles. The maximum absolute atomic E-state index is 14.0. The summed E-state index contributed by atoms with van der Waals surface area (Å²) in [6.07, 6.45) is 6.19. The Morgan fingerprint density at radius 2 is 2.15 bits per heavy atom. The fourth-order valence-corrected chi connectivity index (χ4v) is 5.65. The van der Waals surface area contributed by atoms with Crippen LogP contribution in [0.5, 0.6) is 0 Å². The summed E-state index contributed by atoms with van der Waals surface area (Å²) in [4.78, 5) is 9.43. The molecule has 2 N–H and O–H groups in total. The Kier molecular flexibility index (Phi) is 4.84. The number of allylic oxidation sites excluding steroid dienone is 2. The molecule has 0 saturated carbocycles. The van der Waals surface area contributed by atoms with E-state index in [1.165, 1.54) is 16.8 Å². The van der Waals surface area contributed by atoms with E-state index in [9.17, 15) is 9.65 Å². The number of pyridine rings is 1. The van der Waals surface area contributed by atoms with Crippen LogP contribution in [-0.2, 0) is 0 Å². The molecule has 3 aliphatic heterocycles. The molecule has 1 aromatic heterocycles. The molecule has 0 spiro atoms. The Bertz CT molecular complexity index is 1260. The number of hydrogen-bond acceptors (Lipinski definition) is 6. The third-order valence-corrected chi connectivity index (χ3v) is 7.34. The van der Waals surface area contributed by atoms with E-state index in [0.29, 0.717) is 24.7 Å². The number of aromatic nitrogens is 1. The standard InChI is InChI=1S/C26H27FN6/c1-16-13-32(24-7-4-17(10-28)26-21(24)3-2-8-30-26)15-25-20-6-5-19(9-18(20)14-33(16)25)31-23-12-29-11-22(23)27/h2-5,7-9,16,22-23,29,31H,6,11-15H2,1H3/t16-,22-,23-/m1/s1. The zero-order valence-electron chi connectivity index (χ0n) is 18.7. The minimum Gasteiger partial charge on any atom is -0.378 e. The molecule has 1 aliphatic carbocycles. The summed E-state index contributed by atoms with van der Waals surface area (Å²) in [6.45, 7) is 6.03. The van der Waals surface area contributed by atoms with Crippen LogP contribution in [0.15, 0.2) is 65.2 Å². The normalized spacial score (nSPS) is 26.6. The Morgan fingerprint density at radius 1 is 1.24 bits per heavy atom. The Morgan fingerprint density at radius 3 is 2.97 bits per heavy atom. The average Bonchev–Trinajstić information content (AvgIpc) is 3.41. The van der Waals surface area contributed by atoms with Crippen molar-refractivity contribution in [1.29, 1.82) is 5.26 Å². The second kappa shape index (κ2) is 7.89. The first-order valence-corrected chi connectivity index (χ1v) is 11.7. The zero-order valence-corrected chi connectivity index (χ0v) is 18.7. The number of nitriles is 1. The number of halogens is 1. The Labute approximate surface area is 193 Å². The maximum Gasteiger partial charge on any atom is 0.134 e. The van der Waals surface area contributed by atoms with Crippen LogP contribution in [0.2, 0.25) is 0 Å². The number of alkyl halides is 1.